The first-order valence-corrected chi connectivity index (χ1v) is 9.01. The van der Waals surface area contributed by atoms with Gasteiger partial charge < -0.3 is 15.7 Å². The molecule has 23 heavy (non-hydrogen) atoms. The van der Waals surface area contributed by atoms with E-state index in [-0.39, 0.29) is 36.3 Å². The monoisotopic (exact) mass is 455 g/mol. The van der Waals surface area contributed by atoms with Gasteiger partial charge in [-0.1, -0.05) is 12.1 Å². The second-order valence-electron chi connectivity index (χ2n) is 4.91. The lowest BCUT2D eigenvalue weighted by Gasteiger charge is -2.13. The van der Waals surface area contributed by atoms with E-state index in [1.54, 1.807) is 12.1 Å². The molecule has 0 heterocycles. The number of unbranched alkanes of at least 4 members (excludes halogenated alkanes) is 1. The number of rotatable bonds is 9. The highest BCUT2D eigenvalue weighted by molar-refractivity contribution is 14.0. The van der Waals surface area contributed by atoms with E-state index in [0.717, 1.165) is 19.5 Å². The van der Waals surface area contributed by atoms with Gasteiger partial charge in [0.25, 0.3) is 0 Å². The number of aliphatic hydroxyl groups is 1. The molecule has 1 unspecified atom stereocenters. The van der Waals surface area contributed by atoms with Gasteiger partial charge in [-0.05, 0) is 49.5 Å². The normalized spacial score (nSPS) is 12.4. The van der Waals surface area contributed by atoms with Crippen LogP contribution >= 0.6 is 35.7 Å². The molecule has 3 N–H and O–H groups in total. The predicted molar refractivity (Wildman–Crippen MR) is 108 cm³/mol. The first-order chi connectivity index (χ1) is 10.7. The molecule has 1 atom stereocenters. The molecule has 0 amide bonds. The molecule has 0 saturated heterocycles. The molecule has 0 saturated carbocycles. The molecule has 1 aromatic rings. The highest BCUT2D eigenvalue weighted by Crippen LogP contribution is 2.13. The van der Waals surface area contributed by atoms with E-state index in [4.69, 9.17) is 0 Å². The largest absolute Gasteiger partial charge is 0.386 e. The SMILES string of the molecule is CCNC(=NCC(O)c1ccc(F)cc1)NCCCCSC.I. The van der Waals surface area contributed by atoms with E-state index < -0.39 is 6.10 Å². The summed E-state index contributed by atoms with van der Waals surface area (Å²) in [4.78, 5) is 4.38. The Kier molecular flexibility index (Phi) is 13.5. The van der Waals surface area contributed by atoms with Crippen LogP contribution in [0.2, 0.25) is 0 Å². The Labute approximate surface area is 159 Å². The molecular formula is C16H27FIN3OS. The number of nitrogens with zero attached hydrogens (tertiary/aromatic N) is 1. The molecule has 4 nitrogen and oxygen atoms in total. The lowest BCUT2D eigenvalue weighted by molar-refractivity contribution is 0.187. The van der Waals surface area contributed by atoms with Crippen molar-refractivity contribution < 1.29 is 9.50 Å². The number of aliphatic imine (C=N–C) groups is 1. The number of nitrogens with one attached hydrogen (secondary N) is 2. The third-order valence-electron chi connectivity index (χ3n) is 3.09. The van der Waals surface area contributed by atoms with Crippen LogP contribution in [-0.2, 0) is 0 Å². The molecule has 0 aliphatic rings. The minimum absolute atomic E-state index is 0. The van der Waals surface area contributed by atoms with Crippen LogP contribution in [0.25, 0.3) is 0 Å². The zero-order valence-electron chi connectivity index (χ0n) is 13.7. The standard InChI is InChI=1S/C16H26FN3OS.HI/c1-3-18-16(19-10-4-5-11-22-2)20-12-15(21)13-6-8-14(17)9-7-13;/h6-9,15,21H,3-5,10-12H2,1-2H3,(H2,18,19,20);1H. The average molecular weight is 455 g/mol. The van der Waals surface area contributed by atoms with E-state index in [1.165, 1.54) is 24.3 Å². The first-order valence-electron chi connectivity index (χ1n) is 7.62. The number of aliphatic hydroxyl groups excluding tert-OH is 1. The predicted octanol–water partition coefficient (Wildman–Crippen LogP) is 3.18. The molecule has 0 aliphatic heterocycles. The zero-order valence-corrected chi connectivity index (χ0v) is 16.9. The molecule has 1 aromatic carbocycles. The van der Waals surface area contributed by atoms with Gasteiger partial charge in [0.05, 0.1) is 12.6 Å². The smallest absolute Gasteiger partial charge is 0.191 e. The molecule has 0 fully saturated rings. The van der Waals surface area contributed by atoms with Crippen LogP contribution in [0.3, 0.4) is 0 Å². The lowest BCUT2D eigenvalue weighted by Crippen LogP contribution is -2.38. The van der Waals surface area contributed by atoms with Crippen molar-refractivity contribution in [1.82, 2.24) is 10.6 Å². The van der Waals surface area contributed by atoms with E-state index in [9.17, 15) is 9.50 Å². The summed E-state index contributed by atoms with van der Waals surface area (Å²) in [5, 5.41) is 16.5. The van der Waals surface area contributed by atoms with Crippen LogP contribution in [0, 0.1) is 5.82 Å². The van der Waals surface area contributed by atoms with Gasteiger partial charge in [0.2, 0.25) is 0 Å². The van der Waals surface area contributed by atoms with Crippen molar-refractivity contribution in [3.05, 3.63) is 35.6 Å². The minimum Gasteiger partial charge on any atom is -0.386 e. The summed E-state index contributed by atoms with van der Waals surface area (Å²) in [6, 6.07) is 5.85. The maximum atomic E-state index is 12.9. The Morgan fingerprint density at radius 1 is 1.26 bits per heavy atom. The number of hydrogen-bond acceptors (Lipinski definition) is 3. The number of guanidine groups is 1. The summed E-state index contributed by atoms with van der Waals surface area (Å²) in [5.74, 6) is 1.56. The van der Waals surface area contributed by atoms with E-state index in [0.29, 0.717) is 11.5 Å². The molecule has 132 valence electrons. The van der Waals surface area contributed by atoms with Crippen molar-refractivity contribution in [2.45, 2.75) is 25.9 Å². The van der Waals surface area contributed by atoms with Gasteiger partial charge >= 0.3 is 0 Å². The Morgan fingerprint density at radius 3 is 2.57 bits per heavy atom. The zero-order chi connectivity index (χ0) is 16.2. The molecule has 7 heteroatoms. The first kappa shape index (κ1) is 22.5. The van der Waals surface area contributed by atoms with Crippen molar-refractivity contribution in [3.8, 4) is 0 Å². The van der Waals surface area contributed by atoms with Crippen LogP contribution in [0.5, 0.6) is 0 Å². The summed E-state index contributed by atoms with van der Waals surface area (Å²) in [7, 11) is 0. The Balaban J connectivity index is 0.00000484. The van der Waals surface area contributed by atoms with Crippen LogP contribution in [0.1, 0.15) is 31.4 Å². The Hall–Kier alpha value is -0.540. The van der Waals surface area contributed by atoms with Crippen molar-refractivity contribution in [2.24, 2.45) is 4.99 Å². The lowest BCUT2D eigenvalue weighted by atomic mass is 10.1. The maximum absolute atomic E-state index is 12.9. The maximum Gasteiger partial charge on any atom is 0.191 e. The third-order valence-corrected chi connectivity index (χ3v) is 3.79. The number of halogens is 2. The fourth-order valence-electron chi connectivity index (χ4n) is 1.89. The van der Waals surface area contributed by atoms with Crippen molar-refractivity contribution in [1.29, 1.82) is 0 Å². The quantitative estimate of drug-likeness (QED) is 0.232. The molecule has 0 aliphatic carbocycles. The average Bonchev–Trinajstić information content (AvgIpc) is 2.52. The van der Waals surface area contributed by atoms with E-state index in [1.807, 2.05) is 18.7 Å². The summed E-state index contributed by atoms with van der Waals surface area (Å²) in [6.45, 7) is 3.87. The van der Waals surface area contributed by atoms with Gasteiger partial charge in [-0.2, -0.15) is 11.8 Å². The second kappa shape index (κ2) is 13.9. The van der Waals surface area contributed by atoms with Crippen LogP contribution in [0.15, 0.2) is 29.3 Å². The summed E-state index contributed by atoms with van der Waals surface area (Å²) in [5.41, 5.74) is 0.668. The minimum atomic E-state index is -0.729. The van der Waals surface area contributed by atoms with Crippen molar-refractivity contribution in [2.75, 3.05) is 31.6 Å². The van der Waals surface area contributed by atoms with Crippen LogP contribution < -0.4 is 10.6 Å². The molecule has 0 bridgehead atoms. The fraction of sp³-hybridized carbons (Fsp3) is 0.562. The number of benzene rings is 1. The van der Waals surface area contributed by atoms with Gasteiger partial charge in [0.1, 0.15) is 5.82 Å². The topological polar surface area (TPSA) is 56.7 Å². The summed E-state index contributed by atoms with van der Waals surface area (Å²) < 4.78 is 12.9. The molecule has 0 spiro atoms. The summed E-state index contributed by atoms with van der Waals surface area (Å²) in [6.07, 6.45) is 3.64. The van der Waals surface area contributed by atoms with Gasteiger partial charge in [0.15, 0.2) is 5.96 Å². The van der Waals surface area contributed by atoms with Gasteiger partial charge in [0, 0.05) is 13.1 Å². The Bertz CT molecular complexity index is 445. The molecular weight excluding hydrogens is 428 g/mol. The number of thioether (sulfide) groups is 1. The van der Waals surface area contributed by atoms with Crippen LogP contribution in [-0.4, -0.2) is 42.7 Å². The molecule has 1 rings (SSSR count). The van der Waals surface area contributed by atoms with Crippen molar-refractivity contribution >= 4 is 41.7 Å². The fourth-order valence-corrected chi connectivity index (χ4v) is 2.38. The van der Waals surface area contributed by atoms with Gasteiger partial charge in [-0.3, -0.25) is 4.99 Å². The third kappa shape index (κ3) is 10.0. The Morgan fingerprint density at radius 2 is 1.96 bits per heavy atom. The van der Waals surface area contributed by atoms with Crippen LogP contribution in [0.4, 0.5) is 4.39 Å². The molecule has 0 radical (unpaired) electrons. The van der Waals surface area contributed by atoms with E-state index >= 15 is 0 Å². The van der Waals surface area contributed by atoms with Gasteiger partial charge in [-0.25, -0.2) is 4.39 Å². The molecule has 0 aromatic heterocycles. The second-order valence-corrected chi connectivity index (χ2v) is 5.90. The highest BCUT2D eigenvalue weighted by atomic mass is 127. The summed E-state index contributed by atoms with van der Waals surface area (Å²) >= 11 is 1.85. The van der Waals surface area contributed by atoms with Gasteiger partial charge in [-0.15, -0.1) is 24.0 Å². The van der Waals surface area contributed by atoms with E-state index in [2.05, 4.69) is 21.9 Å². The van der Waals surface area contributed by atoms with Crippen molar-refractivity contribution in [3.63, 3.8) is 0 Å². The number of hydrogen-bond donors (Lipinski definition) is 3. The highest BCUT2D eigenvalue weighted by Gasteiger charge is 2.07.